The molecule has 0 heterocycles. The second-order valence-corrected chi connectivity index (χ2v) is 6.37. The quantitative estimate of drug-likeness (QED) is 0.356. The Bertz CT molecular complexity index is 389. The molecule has 1 unspecified atom stereocenters. The number of unbranched alkanes of at least 4 members (excludes halogenated alkanes) is 4. The fraction of sp³-hybridized carbons (Fsp3) is 0.562. The summed E-state index contributed by atoms with van der Waals surface area (Å²) in [6, 6.07) is 8.71. The summed E-state index contributed by atoms with van der Waals surface area (Å²) >= 11 is 2.32. The molecule has 0 fully saturated rings. The van der Waals surface area contributed by atoms with Crippen molar-refractivity contribution in [2.75, 3.05) is 0 Å². The Morgan fingerprint density at radius 1 is 1.15 bits per heavy atom. The van der Waals surface area contributed by atoms with Crippen LogP contribution in [-0.2, 0) is 11.2 Å². The topological polar surface area (TPSA) is 46.5 Å². The van der Waals surface area contributed by atoms with E-state index in [1.54, 1.807) is 0 Å². The summed E-state index contributed by atoms with van der Waals surface area (Å²) in [5.74, 6) is 0. The summed E-state index contributed by atoms with van der Waals surface area (Å²) in [5.41, 5.74) is 1.41. The highest BCUT2D eigenvalue weighted by Gasteiger charge is 2.06. The van der Waals surface area contributed by atoms with Crippen LogP contribution < -0.4 is 0 Å². The minimum atomic E-state index is -1.17. The second-order valence-electron chi connectivity index (χ2n) is 5.13. The van der Waals surface area contributed by atoms with Crippen molar-refractivity contribution < 1.29 is 14.6 Å². The highest BCUT2D eigenvalue weighted by Crippen LogP contribution is 2.13. The average Bonchev–Trinajstić information content (AvgIpc) is 2.39. The maximum Gasteiger partial charge on any atom is 0.506 e. The van der Waals surface area contributed by atoms with Gasteiger partial charge in [-0.25, -0.2) is 4.79 Å². The summed E-state index contributed by atoms with van der Waals surface area (Å²) in [7, 11) is 0. The van der Waals surface area contributed by atoms with Crippen LogP contribution in [0.1, 0.15) is 51.0 Å². The van der Waals surface area contributed by atoms with E-state index >= 15 is 0 Å². The highest BCUT2D eigenvalue weighted by atomic mass is 127. The van der Waals surface area contributed by atoms with Gasteiger partial charge in [0.25, 0.3) is 0 Å². The average molecular weight is 390 g/mol. The van der Waals surface area contributed by atoms with Crippen LogP contribution in [0, 0.1) is 3.57 Å². The molecular weight excluding hydrogens is 367 g/mol. The molecule has 4 heteroatoms. The van der Waals surface area contributed by atoms with E-state index in [1.165, 1.54) is 28.4 Å². The zero-order chi connectivity index (χ0) is 14.8. The molecule has 20 heavy (non-hydrogen) atoms. The van der Waals surface area contributed by atoms with Gasteiger partial charge in [0.1, 0.15) is 6.10 Å². The molecule has 0 saturated heterocycles. The van der Waals surface area contributed by atoms with Gasteiger partial charge in [-0.1, -0.05) is 31.4 Å². The van der Waals surface area contributed by atoms with Crippen molar-refractivity contribution in [1.82, 2.24) is 0 Å². The first-order valence-electron chi connectivity index (χ1n) is 7.22. The molecule has 0 aliphatic heterocycles. The lowest BCUT2D eigenvalue weighted by Gasteiger charge is -2.09. The molecule has 0 spiro atoms. The lowest BCUT2D eigenvalue weighted by molar-refractivity contribution is 0.0548. The lowest BCUT2D eigenvalue weighted by Crippen LogP contribution is -2.12. The first-order chi connectivity index (χ1) is 9.58. The van der Waals surface area contributed by atoms with E-state index in [-0.39, 0.29) is 6.10 Å². The number of halogens is 1. The van der Waals surface area contributed by atoms with Gasteiger partial charge in [-0.05, 0) is 72.9 Å². The third-order valence-corrected chi connectivity index (χ3v) is 4.01. The van der Waals surface area contributed by atoms with Crippen molar-refractivity contribution in [3.8, 4) is 0 Å². The standard InChI is InChI=1S/C16H23IO3/c1-13(20-16(18)19)7-5-3-2-4-6-8-14-9-11-15(17)12-10-14/h9-13H,2-8H2,1H3,(H,18,19). The number of benzene rings is 1. The molecular formula is C16H23IO3. The zero-order valence-electron chi connectivity index (χ0n) is 12.0. The number of hydrogen-bond acceptors (Lipinski definition) is 2. The van der Waals surface area contributed by atoms with Crippen molar-refractivity contribution in [2.45, 2.75) is 58.0 Å². The van der Waals surface area contributed by atoms with Gasteiger partial charge in [0.05, 0.1) is 0 Å². The molecule has 0 aliphatic rings. The first-order valence-corrected chi connectivity index (χ1v) is 8.30. The summed E-state index contributed by atoms with van der Waals surface area (Å²) in [6.45, 7) is 1.81. The predicted molar refractivity (Wildman–Crippen MR) is 89.1 cm³/mol. The first kappa shape index (κ1) is 17.3. The Labute approximate surface area is 134 Å². The van der Waals surface area contributed by atoms with Gasteiger partial charge < -0.3 is 9.84 Å². The molecule has 0 aliphatic carbocycles. The number of carbonyl (C=O) groups is 1. The maximum atomic E-state index is 10.3. The summed E-state index contributed by atoms with van der Waals surface area (Å²) in [5, 5.41) is 8.46. The van der Waals surface area contributed by atoms with Gasteiger partial charge in [0, 0.05) is 3.57 Å². The van der Waals surface area contributed by atoms with E-state index in [9.17, 15) is 4.79 Å². The van der Waals surface area contributed by atoms with Gasteiger partial charge in [-0.15, -0.1) is 0 Å². The third-order valence-electron chi connectivity index (χ3n) is 3.29. The molecule has 0 saturated carbocycles. The lowest BCUT2D eigenvalue weighted by atomic mass is 10.0. The molecule has 1 atom stereocenters. The number of hydrogen-bond donors (Lipinski definition) is 1. The smallest absolute Gasteiger partial charge is 0.450 e. The van der Waals surface area contributed by atoms with Gasteiger partial charge >= 0.3 is 6.16 Å². The highest BCUT2D eigenvalue weighted by molar-refractivity contribution is 14.1. The van der Waals surface area contributed by atoms with Crippen LogP contribution in [0.4, 0.5) is 4.79 Å². The number of carboxylic acid groups (broad SMARTS) is 1. The SMILES string of the molecule is CC(CCCCCCCc1ccc(I)cc1)OC(=O)O. The Morgan fingerprint density at radius 3 is 2.40 bits per heavy atom. The van der Waals surface area contributed by atoms with Gasteiger partial charge in [0.2, 0.25) is 0 Å². The zero-order valence-corrected chi connectivity index (χ0v) is 14.1. The van der Waals surface area contributed by atoms with Crippen LogP contribution in [0.15, 0.2) is 24.3 Å². The molecule has 0 radical (unpaired) electrons. The normalized spacial score (nSPS) is 12.1. The van der Waals surface area contributed by atoms with E-state index in [0.29, 0.717) is 0 Å². The number of aryl methyl sites for hydroxylation is 1. The number of rotatable bonds is 9. The van der Waals surface area contributed by atoms with Crippen molar-refractivity contribution in [2.24, 2.45) is 0 Å². The molecule has 1 aromatic carbocycles. The van der Waals surface area contributed by atoms with Crippen LogP contribution in [0.3, 0.4) is 0 Å². The van der Waals surface area contributed by atoms with Crippen molar-refractivity contribution in [1.29, 1.82) is 0 Å². The fourth-order valence-electron chi connectivity index (χ4n) is 2.17. The maximum absolute atomic E-state index is 10.3. The summed E-state index contributed by atoms with van der Waals surface area (Å²) < 4.78 is 5.94. The molecule has 1 N–H and O–H groups in total. The molecule has 1 rings (SSSR count). The molecule has 3 nitrogen and oxygen atoms in total. The van der Waals surface area contributed by atoms with Gasteiger partial charge in [0.15, 0.2) is 0 Å². The van der Waals surface area contributed by atoms with E-state index < -0.39 is 6.16 Å². The molecule has 0 amide bonds. The Morgan fingerprint density at radius 2 is 1.75 bits per heavy atom. The van der Waals surface area contributed by atoms with Gasteiger partial charge in [-0.3, -0.25) is 0 Å². The second kappa shape index (κ2) is 10.0. The minimum Gasteiger partial charge on any atom is -0.450 e. The Kier molecular flexibility index (Phi) is 8.65. The molecule has 1 aromatic rings. The van der Waals surface area contributed by atoms with Crippen molar-refractivity contribution >= 4 is 28.7 Å². The Hall–Kier alpha value is -0.780. The van der Waals surface area contributed by atoms with Crippen LogP contribution in [0.2, 0.25) is 0 Å². The van der Waals surface area contributed by atoms with E-state index in [4.69, 9.17) is 5.11 Å². The molecule has 0 aromatic heterocycles. The van der Waals surface area contributed by atoms with Crippen molar-refractivity contribution in [3.63, 3.8) is 0 Å². The van der Waals surface area contributed by atoms with Crippen LogP contribution >= 0.6 is 22.6 Å². The Balaban J connectivity index is 1.97. The van der Waals surface area contributed by atoms with Crippen LogP contribution in [0.5, 0.6) is 0 Å². The number of ether oxygens (including phenoxy) is 1. The van der Waals surface area contributed by atoms with Gasteiger partial charge in [-0.2, -0.15) is 0 Å². The molecule has 0 bridgehead atoms. The van der Waals surface area contributed by atoms with Crippen LogP contribution in [0.25, 0.3) is 0 Å². The fourth-order valence-corrected chi connectivity index (χ4v) is 2.53. The minimum absolute atomic E-state index is 0.181. The third kappa shape index (κ3) is 8.40. The monoisotopic (exact) mass is 390 g/mol. The van der Waals surface area contributed by atoms with E-state index in [0.717, 1.165) is 25.7 Å². The van der Waals surface area contributed by atoms with Crippen LogP contribution in [-0.4, -0.2) is 17.4 Å². The van der Waals surface area contributed by atoms with E-state index in [2.05, 4.69) is 51.6 Å². The molecule has 112 valence electrons. The van der Waals surface area contributed by atoms with Crippen molar-refractivity contribution in [3.05, 3.63) is 33.4 Å². The summed E-state index contributed by atoms with van der Waals surface area (Å²) in [6.07, 6.45) is 6.48. The van der Waals surface area contributed by atoms with E-state index in [1.807, 2.05) is 6.92 Å². The largest absolute Gasteiger partial charge is 0.506 e. The summed E-state index contributed by atoms with van der Waals surface area (Å²) in [4.78, 5) is 10.3. The predicted octanol–water partition coefficient (Wildman–Crippen LogP) is 5.26.